The number of aromatic nitrogens is 2. The molecule has 0 aliphatic carbocycles. The smallest absolute Gasteiger partial charge is 0.295 e. The summed E-state index contributed by atoms with van der Waals surface area (Å²) in [5.41, 5.74) is -0.258. The molecule has 94 valence electrons. The molecule has 0 atom stereocenters. The minimum atomic E-state index is -0.258. The zero-order valence-electron chi connectivity index (χ0n) is 10.0. The standard InChI is InChI=1S/C11H18N4O2/c1-17-9-10(13-8-14-11(9)16)12-4-7-15-5-2-3-6-15/h8H,2-7H2,1H3,(H2,12,13,14,16). The van der Waals surface area contributed by atoms with Gasteiger partial charge in [0.25, 0.3) is 5.56 Å². The van der Waals surface area contributed by atoms with Crippen molar-refractivity contribution >= 4 is 5.82 Å². The average molecular weight is 238 g/mol. The zero-order valence-corrected chi connectivity index (χ0v) is 10.0. The Morgan fingerprint density at radius 2 is 2.29 bits per heavy atom. The highest BCUT2D eigenvalue weighted by molar-refractivity contribution is 5.47. The van der Waals surface area contributed by atoms with Gasteiger partial charge in [0.1, 0.15) is 0 Å². The second-order valence-electron chi connectivity index (χ2n) is 4.09. The van der Waals surface area contributed by atoms with Crippen LogP contribution in [0.3, 0.4) is 0 Å². The van der Waals surface area contributed by atoms with Crippen LogP contribution in [-0.2, 0) is 0 Å². The Labute approximate surface area is 100 Å². The normalized spacial score (nSPS) is 16.1. The molecule has 6 heteroatoms. The van der Waals surface area contributed by atoms with E-state index in [4.69, 9.17) is 4.74 Å². The predicted octanol–water partition coefficient (Wildman–Crippen LogP) is 0.286. The summed E-state index contributed by atoms with van der Waals surface area (Å²) in [5, 5.41) is 3.13. The van der Waals surface area contributed by atoms with E-state index in [1.54, 1.807) is 0 Å². The van der Waals surface area contributed by atoms with Crippen molar-refractivity contribution in [3.8, 4) is 5.75 Å². The predicted molar refractivity (Wildman–Crippen MR) is 65.6 cm³/mol. The Morgan fingerprint density at radius 1 is 1.53 bits per heavy atom. The lowest BCUT2D eigenvalue weighted by Crippen LogP contribution is -2.26. The topological polar surface area (TPSA) is 70.2 Å². The van der Waals surface area contributed by atoms with Crippen molar-refractivity contribution in [2.75, 3.05) is 38.6 Å². The molecule has 0 unspecified atom stereocenters. The van der Waals surface area contributed by atoms with Crippen molar-refractivity contribution in [1.29, 1.82) is 0 Å². The molecule has 6 nitrogen and oxygen atoms in total. The summed E-state index contributed by atoms with van der Waals surface area (Å²) in [6.07, 6.45) is 3.95. The monoisotopic (exact) mass is 238 g/mol. The molecule has 0 aromatic carbocycles. The molecule has 1 fully saturated rings. The first-order valence-electron chi connectivity index (χ1n) is 5.89. The van der Waals surface area contributed by atoms with Gasteiger partial charge in [0.15, 0.2) is 5.82 Å². The van der Waals surface area contributed by atoms with Gasteiger partial charge in [-0.25, -0.2) is 4.98 Å². The number of methoxy groups -OCH3 is 1. The second-order valence-corrected chi connectivity index (χ2v) is 4.09. The highest BCUT2D eigenvalue weighted by Gasteiger charge is 2.12. The Kier molecular flexibility index (Phi) is 3.98. The van der Waals surface area contributed by atoms with Crippen molar-refractivity contribution in [1.82, 2.24) is 14.9 Å². The molecule has 2 heterocycles. The van der Waals surface area contributed by atoms with E-state index in [0.717, 1.165) is 13.1 Å². The molecule has 0 bridgehead atoms. The van der Waals surface area contributed by atoms with Gasteiger partial charge in [-0.1, -0.05) is 0 Å². The highest BCUT2D eigenvalue weighted by atomic mass is 16.5. The van der Waals surface area contributed by atoms with Crippen LogP contribution < -0.4 is 15.6 Å². The van der Waals surface area contributed by atoms with E-state index in [-0.39, 0.29) is 11.3 Å². The summed E-state index contributed by atoms with van der Waals surface area (Å²) in [4.78, 5) is 20.4. The summed E-state index contributed by atoms with van der Waals surface area (Å²) in [7, 11) is 1.47. The van der Waals surface area contributed by atoms with Crippen LogP contribution in [-0.4, -0.2) is 48.2 Å². The lowest BCUT2D eigenvalue weighted by Gasteiger charge is -2.15. The molecule has 1 aromatic heterocycles. The summed E-state index contributed by atoms with van der Waals surface area (Å²) in [5.74, 6) is 0.754. The van der Waals surface area contributed by atoms with E-state index in [2.05, 4.69) is 20.2 Å². The summed E-state index contributed by atoms with van der Waals surface area (Å²) in [6, 6.07) is 0. The first-order valence-corrected chi connectivity index (χ1v) is 5.89. The van der Waals surface area contributed by atoms with Crippen molar-refractivity contribution in [3.63, 3.8) is 0 Å². The van der Waals surface area contributed by atoms with Crippen molar-refractivity contribution in [2.45, 2.75) is 12.8 Å². The number of nitrogens with zero attached hydrogens (tertiary/aromatic N) is 2. The van der Waals surface area contributed by atoms with Gasteiger partial charge in [-0.2, -0.15) is 0 Å². The fourth-order valence-corrected chi connectivity index (χ4v) is 2.04. The van der Waals surface area contributed by atoms with Gasteiger partial charge in [0.05, 0.1) is 13.4 Å². The minimum Gasteiger partial charge on any atom is -0.489 e. The van der Waals surface area contributed by atoms with E-state index >= 15 is 0 Å². The van der Waals surface area contributed by atoms with E-state index < -0.39 is 0 Å². The number of anilines is 1. The fraction of sp³-hybridized carbons (Fsp3) is 0.636. The number of hydrogen-bond donors (Lipinski definition) is 2. The van der Waals surface area contributed by atoms with Crippen LogP contribution in [0.15, 0.2) is 11.1 Å². The van der Waals surface area contributed by atoms with Gasteiger partial charge in [-0.05, 0) is 25.9 Å². The summed E-state index contributed by atoms with van der Waals surface area (Å²) < 4.78 is 5.02. The number of hydrogen-bond acceptors (Lipinski definition) is 5. The number of likely N-dealkylation sites (tertiary alicyclic amines) is 1. The Bertz CT molecular complexity index is 412. The first kappa shape index (κ1) is 11.9. The Morgan fingerprint density at radius 3 is 3.00 bits per heavy atom. The number of rotatable bonds is 5. The van der Waals surface area contributed by atoms with Crippen LogP contribution in [0.25, 0.3) is 0 Å². The average Bonchev–Trinajstić information content (AvgIpc) is 2.82. The molecule has 1 aromatic rings. The molecule has 0 amide bonds. The molecule has 0 spiro atoms. The largest absolute Gasteiger partial charge is 0.489 e. The van der Waals surface area contributed by atoms with Crippen LogP contribution in [0.2, 0.25) is 0 Å². The number of H-pyrrole nitrogens is 1. The number of aromatic amines is 1. The third-order valence-electron chi connectivity index (χ3n) is 2.93. The third-order valence-corrected chi connectivity index (χ3v) is 2.93. The second kappa shape index (κ2) is 5.67. The van der Waals surface area contributed by atoms with Gasteiger partial charge in [0.2, 0.25) is 5.75 Å². The van der Waals surface area contributed by atoms with E-state index in [9.17, 15) is 4.79 Å². The first-order chi connectivity index (χ1) is 8.31. The maximum atomic E-state index is 11.4. The van der Waals surface area contributed by atoms with Crippen LogP contribution in [0.4, 0.5) is 5.82 Å². The van der Waals surface area contributed by atoms with Gasteiger partial charge in [-0.15, -0.1) is 0 Å². The molecule has 1 saturated heterocycles. The number of ether oxygens (including phenoxy) is 1. The SMILES string of the molecule is COc1c(NCCN2CCCC2)nc[nH]c1=O. The van der Waals surface area contributed by atoms with Gasteiger partial charge in [-0.3, -0.25) is 4.79 Å². The summed E-state index contributed by atoms with van der Waals surface area (Å²) >= 11 is 0. The van der Waals surface area contributed by atoms with Crippen LogP contribution in [0, 0.1) is 0 Å². The van der Waals surface area contributed by atoms with E-state index in [1.807, 2.05) is 0 Å². The van der Waals surface area contributed by atoms with Crippen molar-refractivity contribution in [3.05, 3.63) is 16.7 Å². The lowest BCUT2D eigenvalue weighted by atomic mass is 10.4. The molecule has 17 heavy (non-hydrogen) atoms. The molecule has 1 aliphatic rings. The van der Waals surface area contributed by atoms with Crippen LogP contribution in [0.1, 0.15) is 12.8 Å². The van der Waals surface area contributed by atoms with Crippen molar-refractivity contribution < 1.29 is 4.74 Å². The Hall–Kier alpha value is -1.56. The van der Waals surface area contributed by atoms with E-state index in [1.165, 1.54) is 39.4 Å². The minimum absolute atomic E-state index is 0.244. The maximum absolute atomic E-state index is 11.4. The maximum Gasteiger partial charge on any atom is 0.295 e. The van der Waals surface area contributed by atoms with Gasteiger partial charge in [0, 0.05) is 13.1 Å². The summed E-state index contributed by atoms with van der Waals surface area (Å²) in [6.45, 7) is 4.08. The molecule has 2 rings (SSSR count). The quantitative estimate of drug-likeness (QED) is 0.771. The fourth-order valence-electron chi connectivity index (χ4n) is 2.04. The van der Waals surface area contributed by atoms with Crippen LogP contribution in [0.5, 0.6) is 5.75 Å². The van der Waals surface area contributed by atoms with E-state index in [0.29, 0.717) is 5.82 Å². The molecular formula is C11H18N4O2. The molecule has 0 radical (unpaired) electrons. The molecular weight excluding hydrogens is 220 g/mol. The lowest BCUT2D eigenvalue weighted by molar-refractivity contribution is 0.352. The zero-order chi connectivity index (χ0) is 12.1. The highest BCUT2D eigenvalue weighted by Crippen LogP contribution is 2.14. The molecule has 2 N–H and O–H groups in total. The number of nitrogens with one attached hydrogen (secondary N) is 2. The van der Waals surface area contributed by atoms with Gasteiger partial charge < -0.3 is 19.9 Å². The Balaban J connectivity index is 1.89. The van der Waals surface area contributed by atoms with Gasteiger partial charge >= 0.3 is 0 Å². The third kappa shape index (κ3) is 2.97. The van der Waals surface area contributed by atoms with Crippen molar-refractivity contribution in [2.24, 2.45) is 0 Å². The van der Waals surface area contributed by atoms with Crippen LogP contribution >= 0.6 is 0 Å². The molecule has 1 aliphatic heterocycles. The molecule has 0 saturated carbocycles.